The minimum Gasteiger partial charge on any atom is -0.377 e. The van der Waals surface area contributed by atoms with Crippen LogP contribution in [0, 0.1) is 13.8 Å². The van der Waals surface area contributed by atoms with E-state index in [0.29, 0.717) is 0 Å². The highest BCUT2D eigenvalue weighted by atomic mass is 32.2. The number of hydrogen-bond donors (Lipinski definition) is 0. The molecule has 8 nitrogen and oxygen atoms in total. The number of ether oxygens (including phenoxy) is 2. The summed E-state index contributed by atoms with van der Waals surface area (Å²) in [4.78, 5) is 0.189. The summed E-state index contributed by atoms with van der Waals surface area (Å²) in [5.74, 6) is 0. The van der Waals surface area contributed by atoms with E-state index in [0.717, 1.165) is 11.1 Å². The van der Waals surface area contributed by atoms with E-state index in [1.807, 2.05) is 13.8 Å². The van der Waals surface area contributed by atoms with Crippen molar-refractivity contribution in [2.75, 3.05) is 39.6 Å². The Morgan fingerprint density at radius 3 is 1.17 bits per heavy atom. The number of benzene rings is 2. The third kappa shape index (κ3) is 8.13. The van der Waals surface area contributed by atoms with Gasteiger partial charge in [-0.1, -0.05) is 35.4 Å². The second-order valence-corrected chi connectivity index (χ2v) is 9.63. The fraction of sp³-hybridized carbons (Fsp3) is 0.400. The summed E-state index contributed by atoms with van der Waals surface area (Å²) < 4.78 is 68.2. The second kappa shape index (κ2) is 11.5. The Bertz CT molecular complexity index is 899. The molecular weight excluding hydrogens is 432 g/mol. The quantitative estimate of drug-likeness (QED) is 0.333. The van der Waals surface area contributed by atoms with Gasteiger partial charge in [-0.05, 0) is 38.1 Å². The van der Waals surface area contributed by atoms with Crippen molar-refractivity contribution in [1.82, 2.24) is 0 Å². The predicted octanol–water partition coefficient (Wildman–Crippen LogP) is 2.45. The predicted molar refractivity (Wildman–Crippen MR) is 110 cm³/mol. The van der Waals surface area contributed by atoms with Crippen molar-refractivity contribution in [3.63, 3.8) is 0 Å². The second-order valence-electron chi connectivity index (χ2n) is 6.40. The van der Waals surface area contributed by atoms with Gasteiger partial charge in [-0.15, -0.1) is 0 Å². The fourth-order valence-corrected chi connectivity index (χ4v) is 4.06. The van der Waals surface area contributed by atoms with Crippen molar-refractivity contribution in [3.05, 3.63) is 59.7 Å². The van der Waals surface area contributed by atoms with Gasteiger partial charge in [-0.2, -0.15) is 16.8 Å². The molecule has 0 aliphatic rings. The molecule has 2 rings (SSSR count). The van der Waals surface area contributed by atoms with Crippen molar-refractivity contribution in [2.45, 2.75) is 23.6 Å². The van der Waals surface area contributed by atoms with Gasteiger partial charge < -0.3 is 9.47 Å². The van der Waals surface area contributed by atoms with Crippen LogP contribution in [-0.2, 0) is 38.1 Å². The largest absolute Gasteiger partial charge is 0.377 e. The molecule has 30 heavy (non-hydrogen) atoms. The first-order valence-corrected chi connectivity index (χ1v) is 12.1. The van der Waals surface area contributed by atoms with Crippen LogP contribution in [0.2, 0.25) is 0 Å². The molecule has 0 unspecified atom stereocenters. The first-order chi connectivity index (χ1) is 14.2. The van der Waals surface area contributed by atoms with Gasteiger partial charge in [-0.25, -0.2) is 0 Å². The molecule has 0 radical (unpaired) electrons. The molecule has 2 aromatic carbocycles. The minimum atomic E-state index is -3.81. The molecule has 0 saturated heterocycles. The molecular formula is C20H26O8S2. The lowest BCUT2D eigenvalue weighted by Crippen LogP contribution is -2.15. The van der Waals surface area contributed by atoms with Gasteiger partial charge in [-0.3, -0.25) is 8.37 Å². The van der Waals surface area contributed by atoms with Crippen LogP contribution in [0.25, 0.3) is 0 Å². The topological polar surface area (TPSA) is 105 Å². The third-order valence-electron chi connectivity index (χ3n) is 3.92. The Morgan fingerprint density at radius 2 is 0.833 bits per heavy atom. The third-order valence-corrected chi connectivity index (χ3v) is 6.58. The van der Waals surface area contributed by atoms with Crippen molar-refractivity contribution < 1.29 is 34.7 Å². The maximum atomic E-state index is 12.0. The first kappa shape index (κ1) is 24.4. The molecule has 0 aromatic heterocycles. The normalized spacial score (nSPS) is 12.2. The molecule has 0 bridgehead atoms. The van der Waals surface area contributed by atoms with Gasteiger partial charge >= 0.3 is 0 Å². The molecule has 0 N–H and O–H groups in total. The average molecular weight is 459 g/mol. The van der Waals surface area contributed by atoms with Crippen molar-refractivity contribution in [2.24, 2.45) is 0 Å². The summed E-state index contributed by atoms with van der Waals surface area (Å²) in [6.07, 6.45) is 0. The Morgan fingerprint density at radius 1 is 0.533 bits per heavy atom. The van der Waals surface area contributed by atoms with Crippen molar-refractivity contribution in [3.8, 4) is 0 Å². The van der Waals surface area contributed by atoms with Crippen LogP contribution in [0.4, 0.5) is 0 Å². The zero-order valence-corrected chi connectivity index (χ0v) is 18.6. The van der Waals surface area contributed by atoms with E-state index in [9.17, 15) is 16.8 Å². The lowest BCUT2D eigenvalue weighted by Gasteiger charge is -2.08. The van der Waals surface area contributed by atoms with Gasteiger partial charge in [0.2, 0.25) is 0 Å². The van der Waals surface area contributed by atoms with Crippen LogP contribution in [0.3, 0.4) is 0 Å². The maximum Gasteiger partial charge on any atom is 0.297 e. The SMILES string of the molecule is Cc1ccc(S(=O)(=O)OCCOCCOCCOS(=O)(=O)c2ccc(C)cc2)cc1. The Labute approximate surface area is 178 Å². The van der Waals surface area contributed by atoms with Crippen LogP contribution in [-0.4, -0.2) is 56.5 Å². The van der Waals surface area contributed by atoms with Crippen LogP contribution < -0.4 is 0 Å². The minimum absolute atomic E-state index is 0.0761. The summed E-state index contributed by atoms with van der Waals surface area (Å²) >= 11 is 0. The molecule has 0 aliphatic carbocycles. The van der Waals surface area contributed by atoms with Crippen molar-refractivity contribution in [1.29, 1.82) is 0 Å². The number of rotatable bonds is 13. The molecule has 0 amide bonds. The van der Waals surface area contributed by atoms with Crippen LogP contribution >= 0.6 is 0 Å². The Balaban J connectivity index is 1.54. The molecule has 0 heterocycles. The van der Waals surface area contributed by atoms with E-state index in [1.165, 1.54) is 24.3 Å². The highest BCUT2D eigenvalue weighted by Gasteiger charge is 2.15. The zero-order chi connectivity index (χ0) is 22.0. The van der Waals surface area contributed by atoms with Crippen molar-refractivity contribution >= 4 is 20.2 Å². The summed E-state index contributed by atoms with van der Waals surface area (Å²) in [6, 6.07) is 12.7. The van der Waals surface area contributed by atoms with E-state index in [4.69, 9.17) is 17.8 Å². The molecule has 0 spiro atoms. The smallest absolute Gasteiger partial charge is 0.297 e. The molecule has 166 valence electrons. The number of aryl methyl sites for hydroxylation is 2. The maximum absolute atomic E-state index is 12.0. The zero-order valence-electron chi connectivity index (χ0n) is 16.9. The van der Waals surface area contributed by atoms with Crippen LogP contribution in [0.15, 0.2) is 58.3 Å². The average Bonchev–Trinajstić information content (AvgIpc) is 2.70. The van der Waals surface area contributed by atoms with Gasteiger partial charge in [0.05, 0.1) is 49.4 Å². The Hall–Kier alpha value is -1.82. The van der Waals surface area contributed by atoms with E-state index in [2.05, 4.69) is 0 Å². The lowest BCUT2D eigenvalue weighted by atomic mass is 10.2. The van der Waals surface area contributed by atoms with Crippen LogP contribution in [0.5, 0.6) is 0 Å². The molecule has 0 aliphatic heterocycles. The summed E-state index contributed by atoms with van der Waals surface area (Å²) in [5, 5.41) is 0. The van der Waals surface area contributed by atoms with Gasteiger partial charge in [0.1, 0.15) is 0 Å². The van der Waals surface area contributed by atoms with Gasteiger partial charge in [0.15, 0.2) is 0 Å². The molecule has 0 fully saturated rings. The summed E-state index contributed by atoms with van der Waals surface area (Å²) in [6.45, 7) is 4.06. The number of hydrogen-bond acceptors (Lipinski definition) is 8. The van der Waals surface area contributed by atoms with Crippen LogP contribution in [0.1, 0.15) is 11.1 Å². The first-order valence-electron chi connectivity index (χ1n) is 9.28. The van der Waals surface area contributed by atoms with Gasteiger partial charge in [0.25, 0.3) is 20.2 Å². The molecule has 0 atom stereocenters. The summed E-state index contributed by atoms with van der Waals surface area (Å²) in [5.41, 5.74) is 1.91. The molecule has 10 heteroatoms. The monoisotopic (exact) mass is 458 g/mol. The van der Waals surface area contributed by atoms with Gasteiger partial charge in [0, 0.05) is 0 Å². The van der Waals surface area contributed by atoms with E-state index < -0.39 is 20.2 Å². The highest BCUT2D eigenvalue weighted by Crippen LogP contribution is 2.14. The lowest BCUT2D eigenvalue weighted by molar-refractivity contribution is 0.0285. The fourth-order valence-electron chi connectivity index (χ4n) is 2.27. The highest BCUT2D eigenvalue weighted by molar-refractivity contribution is 7.87. The molecule has 0 saturated carbocycles. The van der Waals surface area contributed by atoms with E-state index in [-0.39, 0.29) is 49.4 Å². The van der Waals surface area contributed by atoms with E-state index >= 15 is 0 Å². The molecule has 2 aromatic rings. The Kier molecular flexibility index (Phi) is 9.40. The summed E-state index contributed by atoms with van der Waals surface area (Å²) in [7, 11) is -7.61. The standard InChI is InChI=1S/C20H26O8S2/c1-17-3-7-19(8-4-17)29(21,22)27-15-13-25-11-12-26-14-16-28-30(23,24)20-9-5-18(2)6-10-20/h3-10H,11-16H2,1-2H3. The van der Waals surface area contributed by atoms with E-state index in [1.54, 1.807) is 24.3 Å².